The Labute approximate surface area is 219 Å². The van der Waals surface area contributed by atoms with Crippen molar-refractivity contribution in [2.24, 2.45) is 0 Å². The van der Waals surface area contributed by atoms with E-state index in [0.29, 0.717) is 43.7 Å². The Hall–Kier alpha value is -2.99. The Balaban J connectivity index is 1.31. The summed E-state index contributed by atoms with van der Waals surface area (Å²) in [6.07, 6.45) is 0.175. The molecule has 2 aromatic rings. The number of aromatic hydroxyl groups is 1. The zero-order valence-corrected chi connectivity index (χ0v) is 21.4. The quantitative estimate of drug-likeness (QED) is 0.581. The topological polar surface area (TPSA) is 86.2 Å². The first-order valence-electron chi connectivity index (χ1n) is 13.3. The standard InChI is InChI=1S/C26H33F3N6O3/c1-33-9-2-3-18(33)15-37-25-31-21-14-34(22-11-19(36)6-7-23(22)38-26(27,28)29)10-8-20(21)24(32-25)35-12-16-4-5-17(13-35)30-16/h6-7,11,16-18,30,36H,2-5,8-10,12-15H2,1H3/t16?,17?,18-/m0/s1. The van der Waals surface area contributed by atoms with Crippen LogP contribution in [0, 0.1) is 0 Å². The van der Waals surface area contributed by atoms with Crippen molar-refractivity contribution in [3.63, 3.8) is 0 Å². The van der Waals surface area contributed by atoms with Crippen LogP contribution < -0.4 is 24.6 Å². The molecule has 2 unspecified atom stereocenters. The second kappa shape index (κ2) is 9.96. The molecule has 0 aliphatic carbocycles. The van der Waals surface area contributed by atoms with Crippen LogP contribution in [0.1, 0.15) is 36.9 Å². The fraction of sp³-hybridized carbons (Fsp3) is 0.615. The number of ether oxygens (including phenoxy) is 2. The number of likely N-dealkylation sites (tertiary alicyclic amines) is 1. The third-order valence-corrected chi connectivity index (χ3v) is 8.12. The molecule has 3 atom stereocenters. The Morgan fingerprint density at radius 3 is 2.58 bits per heavy atom. The van der Waals surface area contributed by atoms with Crippen LogP contribution in [0.2, 0.25) is 0 Å². The monoisotopic (exact) mass is 534 g/mol. The maximum atomic E-state index is 13.1. The number of likely N-dealkylation sites (N-methyl/N-ethyl adjacent to an activating group) is 1. The molecule has 9 nitrogen and oxygen atoms in total. The van der Waals surface area contributed by atoms with Crippen molar-refractivity contribution in [2.45, 2.75) is 63.1 Å². The van der Waals surface area contributed by atoms with E-state index in [0.717, 1.165) is 68.5 Å². The summed E-state index contributed by atoms with van der Waals surface area (Å²) in [4.78, 5) is 16.0. The average molecular weight is 535 g/mol. The maximum absolute atomic E-state index is 13.1. The van der Waals surface area contributed by atoms with E-state index in [1.807, 2.05) is 0 Å². The number of fused-ring (bicyclic) bond motifs is 3. The van der Waals surface area contributed by atoms with Crippen LogP contribution in [0.5, 0.6) is 17.5 Å². The summed E-state index contributed by atoms with van der Waals surface area (Å²) in [6.45, 7) is 3.92. The SMILES string of the molecule is CN1CCC[C@H]1COc1nc2c(c(N3CC4CCC(C3)N4)n1)CCN(c1cc(O)ccc1OC(F)(F)F)C2. The molecule has 2 N–H and O–H groups in total. The number of nitrogens with zero attached hydrogens (tertiary/aromatic N) is 5. The fourth-order valence-electron chi connectivity index (χ4n) is 6.21. The Kier molecular flexibility index (Phi) is 6.63. The van der Waals surface area contributed by atoms with E-state index < -0.39 is 6.36 Å². The van der Waals surface area contributed by atoms with Crippen LogP contribution in [0.25, 0.3) is 0 Å². The molecule has 4 aliphatic rings. The van der Waals surface area contributed by atoms with Crippen molar-refractivity contribution < 1.29 is 27.8 Å². The highest BCUT2D eigenvalue weighted by molar-refractivity contribution is 5.63. The van der Waals surface area contributed by atoms with E-state index in [4.69, 9.17) is 14.7 Å². The minimum absolute atomic E-state index is 0.135. The van der Waals surface area contributed by atoms with Crippen LogP contribution in [-0.2, 0) is 13.0 Å². The Morgan fingerprint density at radius 1 is 1.08 bits per heavy atom. The van der Waals surface area contributed by atoms with Crippen LogP contribution in [-0.4, -0.2) is 84.3 Å². The molecule has 0 amide bonds. The molecule has 3 fully saturated rings. The van der Waals surface area contributed by atoms with Gasteiger partial charge in [0.05, 0.1) is 17.9 Å². The highest BCUT2D eigenvalue weighted by atomic mass is 19.4. The summed E-state index contributed by atoms with van der Waals surface area (Å²) >= 11 is 0. The van der Waals surface area contributed by atoms with Crippen molar-refractivity contribution in [1.29, 1.82) is 0 Å². The van der Waals surface area contributed by atoms with Gasteiger partial charge in [0.15, 0.2) is 5.75 Å². The number of halogens is 3. The van der Waals surface area contributed by atoms with E-state index in [2.05, 4.69) is 26.9 Å². The zero-order valence-electron chi connectivity index (χ0n) is 21.4. The van der Waals surface area contributed by atoms with Crippen molar-refractivity contribution in [2.75, 3.05) is 49.6 Å². The first-order chi connectivity index (χ1) is 18.2. The third kappa shape index (κ3) is 5.28. The number of hydrogen-bond acceptors (Lipinski definition) is 9. The molecule has 6 rings (SSSR count). The predicted molar refractivity (Wildman–Crippen MR) is 135 cm³/mol. The van der Waals surface area contributed by atoms with Gasteiger partial charge in [0.1, 0.15) is 18.2 Å². The Bertz CT molecular complexity index is 1170. The highest BCUT2D eigenvalue weighted by Gasteiger charge is 2.37. The van der Waals surface area contributed by atoms with Gasteiger partial charge in [-0.25, -0.2) is 0 Å². The van der Waals surface area contributed by atoms with Gasteiger partial charge in [0, 0.05) is 49.4 Å². The maximum Gasteiger partial charge on any atom is 0.573 e. The van der Waals surface area contributed by atoms with Crippen LogP contribution in [0.4, 0.5) is 24.7 Å². The van der Waals surface area contributed by atoms with Gasteiger partial charge in [0.25, 0.3) is 0 Å². The van der Waals surface area contributed by atoms with Gasteiger partial charge in [-0.15, -0.1) is 13.2 Å². The summed E-state index contributed by atoms with van der Waals surface area (Å²) in [5, 5.41) is 13.7. The molecule has 0 spiro atoms. The molecule has 0 saturated carbocycles. The number of hydrogen-bond donors (Lipinski definition) is 2. The molecule has 2 bridgehead atoms. The van der Waals surface area contributed by atoms with E-state index >= 15 is 0 Å². The summed E-state index contributed by atoms with van der Waals surface area (Å²) in [5.41, 5.74) is 1.90. The zero-order chi connectivity index (χ0) is 26.4. The summed E-state index contributed by atoms with van der Waals surface area (Å²) in [5.74, 6) is 0.377. The minimum atomic E-state index is -4.84. The molecule has 38 heavy (non-hydrogen) atoms. The van der Waals surface area contributed by atoms with E-state index in [9.17, 15) is 18.3 Å². The summed E-state index contributed by atoms with van der Waals surface area (Å²) in [6, 6.07) is 5.08. The van der Waals surface area contributed by atoms with Gasteiger partial charge < -0.3 is 34.6 Å². The number of benzene rings is 1. The molecule has 206 valence electrons. The lowest BCUT2D eigenvalue weighted by atomic mass is 10.0. The minimum Gasteiger partial charge on any atom is -0.508 e. The third-order valence-electron chi connectivity index (χ3n) is 8.12. The van der Waals surface area contributed by atoms with Crippen molar-refractivity contribution in [1.82, 2.24) is 20.2 Å². The number of phenolic OH excluding ortho intramolecular Hbond substituents is 1. The van der Waals surface area contributed by atoms with Crippen molar-refractivity contribution >= 4 is 11.5 Å². The van der Waals surface area contributed by atoms with Gasteiger partial charge in [-0.05, 0) is 57.8 Å². The molecule has 1 aromatic heterocycles. The van der Waals surface area contributed by atoms with Crippen LogP contribution in [0.3, 0.4) is 0 Å². The van der Waals surface area contributed by atoms with Gasteiger partial charge in [-0.1, -0.05) is 0 Å². The summed E-state index contributed by atoms with van der Waals surface area (Å²) < 4.78 is 49.7. The van der Waals surface area contributed by atoms with Crippen LogP contribution >= 0.6 is 0 Å². The molecule has 3 saturated heterocycles. The second-order valence-corrected chi connectivity index (χ2v) is 10.8. The highest BCUT2D eigenvalue weighted by Crippen LogP contribution is 2.39. The predicted octanol–water partition coefficient (Wildman–Crippen LogP) is 3.06. The van der Waals surface area contributed by atoms with Crippen molar-refractivity contribution in [3.8, 4) is 17.5 Å². The molecule has 0 radical (unpaired) electrons. The molecule has 12 heteroatoms. The summed E-state index contributed by atoms with van der Waals surface area (Å²) in [7, 11) is 2.09. The number of aromatic nitrogens is 2. The molecule has 1 aromatic carbocycles. The normalized spacial score (nSPS) is 25.5. The lowest BCUT2D eigenvalue weighted by Gasteiger charge is -2.37. The lowest BCUT2D eigenvalue weighted by Crippen LogP contribution is -2.52. The molecule has 5 heterocycles. The first kappa shape index (κ1) is 25.3. The number of rotatable bonds is 6. The van der Waals surface area contributed by atoms with E-state index in [1.165, 1.54) is 12.1 Å². The average Bonchev–Trinajstić information content (AvgIpc) is 3.45. The van der Waals surface area contributed by atoms with E-state index in [1.54, 1.807) is 4.90 Å². The van der Waals surface area contributed by atoms with Gasteiger partial charge in [0.2, 0.25) is 0 Å². The van der Waals surface area contributed by atoms with Gasteiger partial charge >= 0.3 is 12.4 Å². The Morgan fingerprint density at radius 2 is 1.87 bits per heavy atom. The van der Waals surface area contributed by atoms with Gasteiger partial charge in [-0.3, -0.25) is 0 Å². The second-order valence-electron chi connectivity index (χ2n) is 10.8. The molecule has 4 aliphatic heterocycles. The van der Waals surface area contributed by atoms with E-state index in [-0.39, 0.29) is 23.7 Å². The molecular formula is C26H33F3N6O3. The number of nitrogens with one attached hydrogen (secondary N) is 1. The largest absolute Gasteiger partial charge is 0.573 e. The van der Waals surface area contributed by atoms with Crippen LogP contribution in [0.15, 0.2) is 18.2 Å². The fourth-order valence-corrected chi connectivity index (χ4v) is 6.21. The van der Waals surface area contributed by atoms with Crippen molar-refractivity contribution in [3.05, 3.63) is 29.5 Å². The molecular weight excluding hydrogens is 501 g/mol. The lowest BCUT2D eigenvalue weighted by molar-refractivity contribution is -0.274. The number of alkyl halides is 3. The van der Waals surface area contributed by atoms with Gasteiger partial charge in [-0.2, -0.15) is 9.97 Å². The number of piperazine rings is 1. The number of anilines is 2. The first-order valence-corrected chi connectivity index (χ1v) is 13.3. The smallest absolute Gasteiger partial charge is 0.508 e. The number of phenols is 1.